The van der Waals surface area contributed by atoms with Crippen LogP contribution in [0, 0.1) is 0 Å². The summed E-state index contributed by atoms with van der Waals surface area (Å²) in [5, 5.41) is 9.28. The van der Waals surface area contributed by atoms with E-state index in [1.165, 1.54) is 6.39 Å². The molecule has 7 heteroatoms. The van der Waals surface area contributed by atoms with Crippen LogP contribution >= 0.6 is 0 Å². The maximum atomic E-state index is 11.7. The van der Waals surface area contributed by atoms with Gasteiger partial charge in [0, 0.05) is 0 Å². The number of aromatic nitrogens is 2. The molecule has 0 aliphatic rings. The van der Waals surface area contributed by atoms with E-state index in [1.54, 1.807) is 19.2 Å². The molecule has 0 aliphatic carbocycles. The molecule has 1 aromatic carbocycles. The van der Waals surface area contributed by atoms with Crippen molar-refractivity contribution in [3.63, 3.8) is 0 Å². The Bertz CT molecular complexity index is 528. The summed E-state index contributed by atoms with van der Waals surface area (Å²) in [4.78, 5) is 15.5. The Kier molecular flexibility index (Phi) is 4.46. The van der Waals surface area contributed by atoms with Crippen LogP contribution in [0.2, 0.25) is 0 Å². The second-order valence-electron chi connectivity index (χ2n) is 3.70. The van der Waals surface area contributed by atoms with Gasteiger partial charge in [0.2, 0.25) is 12.3 Å². The third-order valence-corrected chi connectivity index (χ3v) is 2.36. The molecule has 0 saturated carbocycles. The molecule has 1 heterocycles. The van der Waals surface area contributed by atoms with Crippen LogP contribution in [0.15, 0.2) is 35.2 Å². The third-order valence-electron chi connectivity index (χ3n) is 2.36. The van der Waals surface area contributed by atoms with E-state index in [2.05, 4.69) is 25.3 Å². The maximum Gasteiger partial charge on any atom is 0.238 e. The number of methoxy groups -OCH3 is 1. The number of anilines is 1. The van der Waals surface area contributed by atoms with Crippen molar-refractivity contribution in [2.45, 2.75) is 6.54 Å². The zero-order valence-corrected chi connectivity index (χ0v) is 10.4. The lowest BCUT2D eigenvalue weighted by Gasteiger charge is -2.09. The van der Waals surface area contributed by atoms with Crippen LogP contribution in [0.1, 0.15) is 5.82 Å². The van der Waals surface area contributed by atoms with Gasteiger partial charge < -0.3 is 19.9 Å². The Morgan fingerprint density at radius 1 is 1.42 bits per heavy atom. The van der Waals surface area contributed by atoms with Crippen LogP contribution in [0.3, 0.4) is 0 Å². The molecule has 1 amide bonds. The van der Waals surface area contributed by atoms with Crippen LogP contribution < -0.4 is 15.4 Å². The fraction of sp³-hybridized carbons (Fsp3) is 0.250. The Morgan fingerprint density at radius 3 is 3.00 bits per heavy atom. The van der Waals surface area contributed by atoms with Gasteiger partial charge in [0.05, 0.1) is 25.9 Å². The second-order valence-corrected chi connectivity index (χ2v) is 3.70. The summed E-state index contributed by atoms with van der Waals surface area (Å²) in [5.74, 6) is 0.951. The molecule has 0 fully saturated rings. The molecule has 19 heavy (non-hydrogen) atoms. The average Bonchev–Trinajstić information content (AvgIpc) is 2.92. The van der Waals surface area contributed by atoms with E-state index >= 15 is 0 Å². The first kappa shape index (κ1) is 13.0. The lowest BCUT2D eigenvalue weighted by Crippen LogP contribution is -2.28. The Labute approximate surface area is 110 Å². The van der Waals surface area contributed by atoms with Crippen LogP contribution in [0.25, 0.3) is 0 Å². The number of amides is 1. The number of rotatable bonds is 6. The van der Waals surface area contributed by atoms with Gasteiger partial charge in [0.1, 0.15) is 5.75 Å². The minimum Gasteiger partial charge on any atom is -0.495 e. The first-order chi connectivity index (χ1) is 9.29. The van der Waals surface area contributed by atoms with Gasteiger partial charge in [-0.3, -0.25) is 4.79 Å². The molecule has 100 valence electrons. The number of hydrogen-bond acceptors (Lipinski definition) is 6. The van der Waals surface area contributed by atoms with Crippen LogP contribution in [0.4, 0.5) is 5.69 Å². The Balaban J connectivity index is 1.80. The smallest absolute Gasteiger partial charge is 0.238 e. The molecule has 2 rings (SSSR count). The number of nitrogens with zero attached hydrogens (tertiary/aromatic N) is 2. The molecule has 0 saturated heterocycles. The maximum absolute atomic E-state index is 11.7. The summed E-state index contributed by atoms with van der Waals surface area (Å²) in [6.45, 7) is 0.516. The van der Waals surface area contributed by atoms with Crippen LogP contribution in [-0.2, 0) is 11.3 Å². The number of hydrogen-bond donors (Lipinski definition) is 2. The molecule has 2 aromatic rings. The van der Waals surface area contributed by atoms with E-state index in [1.807, 2.05) is 12.1 Å². The van der Waals surface area contributed by atoms with Gasteiger partial charge in [-0.2, -0.15) is 4.98 Å². The lowest BCUT2D eigenvalue weighted by atomic mass is 10.3. The predicted molar refractivity (Wildman–Crippen MR) is 67.6 cm³/mol. The normalized spacial score (nSPS) is 10.2. The molecule has 7 nitrogen and oxygen atoms in total. The van der Waals surface area contributed by atoms with Gasteiger partial charge in [-0.05, 0) is 12.1 Å². The number of ether oxygens (including phenoxy) is 1. The summed E-state index contributed by atoms with van der Waals surface area (Å²) >= 11 is 0. The van der Waals surface area contributed by atoms with Crippen molar-refractivity contribution in [3.05, 3.63) is 36.5 Å². The van der Waals surface area contributed by atoms with Crippen molar-refractivity contribution in [1.82, 2.24) is 15.5 Å². The number of carbonyl (C=O) groups is 1. The Morgan fingerprint density at radius 2 is 2.26 bits per heavy atom. The molecule has 1 aromatic heterocycles. The summed E-state index contributed by atoms with van der Waals surface area (Å²) in [5.41, 5.74) is 0.636. The number of nitrogens with one attached hydrogen (secondary N) is 2. The fourth-order valence-electron chi connectivity index (χ4n) is 1.50. The van der Waals surface area contributed by atoms with Gasteiger partial charge in [-0.15, -0.1) is 0 Å². The van der Waals surface area contributed by atoms with Crippen molar-refractivity contribution >= 4 is 11.6 Å². The minimum absolute atomic E-state index is 0.145. The monoisotopic (exact) mass is 262 g/mol. The summed E-state index contributed by atoms with van der Waals surface area (Å²) in [6.07, 6.45) is 1.24. The molecule has 0 unspecified atom stereocenters. The predicted octanol–water partition coefficient (Wildman–Crippen LogP) is 0.806. The van der Waals surface area contributed by atoms with Gasteiger partial charge in [0.15, 0.2) is 5.82 Å². The van der Waals surface area contributed by atoms with Gasteiger partial charge in [-0.1, -0.05) is 17.3 Å². The zero-order chi connectivity index (χ0) is 13.5. The molecule has 0 spiro atoms. The van der Waals surface area contributed by atoms with E-state index < -0.39 is 0 Å². The number of para-hydroxylation sites is 2. The summed E-state index contributed by atoms with van der Waals surface area (Å²) in [6, 6.07) is 7.21. The number of benzene rings is 1. The highest BCUT2D eigenvalue weighted by molar-refractivity contribution is 5.93. The lowest BCUT2D eigenvalue weighted by molar-refractivity contribution is -0.115. The topological polar surface area (TPSA) is 89.3 Å². The second kappa shape index (κ2) is 6.50. The molecule has 0 radical (unpaired) electrons. The molecule has 0 aliphatic heterocycles. The molecule has 0 atom stereocenters. The van der Waals surface area contributed by atoms with Crippen LogP contribution in [-0.4, -0.2) is 29.7 Å². The standard InChI is InChI=1S/C12H14N4O3/c1-18-10-5-3-2-4-9(10)15-12(17)7-13-6-11-14-8-19-16-11/h2-5,8,13H,6-7H2,1H3,(H,15,17). The molecular weight excluding hydrogens is 248 g/mol. The zero-order valence-electron chi connectivity index (χ0n) is 10.4. The van der Waals surface area contributed by atoms with Crippen molar-refractivity contribution < 1.29 is 14.1 Å². The van der Waals surface area contributed by atoms with Crippen LogP contribution in [0.5, 0.6) is 5.75 Å². The Hall–Kier alpha value is -2.41. The minimum atomic E-state index is -0.173. The number of carbonyl (C=O) groups excluding carboxylic acids is 1. The van der Waals surface area contributed by atoms with Crippen molar-refractivity contribution in [2.24, 2.45) is 0 Å². The van der Waals surface area contributed by atoms with E-state index in [0.717, 1.165) is 0 Å². The average molecular weight is 262 g/mol. The first-order valence-corrected chi connectivity index (χ1v) is 5.68. The third kappa shape index (κ3) is 3.78. The molecular formula is C12H14N4O3. The van der Waals surface area contributed by atoms with E-state index in [4.69, 9.17) is 4.74 Å². The van der Waals surface area contributed by atoms with Crippen molar-refractivity contribution in [3.8, 4) is 5.75 Å². The van der Waals surface area contributed by atoms with Gasteiger partial charge >= 0.3 is 0 Å². The highest BCUT2D eigenvalue weighted by Gasteiger charge is 2.06. The summed E-state index contributed by atoms with van der Waals surface area (Å²) < 4.78 is 9.72. The van der Waals surface area contributed by atoms with E-state index in [0.29, 0.717) is 23.8 Å². The first-order valence-electron chi connectivity index (χ1n) is 5.68. The van der Waals surface area contributed by atoms with Gasteiger partial charge in [-0.25, -0.2) is 0 Å². The largest absolute Gasteiger partial charge is 0.495 e. The quantitative estimate of drug-likeness (QED) is 0.800. The van der Waals surface area contributed by atoms with Crippen molar-refractivity contribution in [2.75, 3.05) is 19.0 Å². The highest BCUT2D eigenvalue weighted by atomic mass is 16.5. The van der Waals surface area contributed by atoms with Crippen molar-refractivity contribution in [1.29, 1.82) is 0 Å². The summed E-state index contributed by atoms with van der Waals surface area (Å²) in [7, 11) is 1.56. The highest BCUT2D eigenvalue weighted by Crippen LogP contribution is 2.22. The van der Waals surface area contributed by atoms with Gasteiger partial charge in [0.25, 0.3) is 0 Å². The van der Waals surface area contributed by atoms with E-state index in [-0.39, 0.29) is 12.5 Å². The van der Waals surface area contributed by atoms with E-state index in [9.17, 15) is 4.79 Å². The molecule has 0 bridgehead atoms. The molecule has 2 N–H and O–H groups in total. The fourth-order valence-corrected chi connectivity index (χ4v) is 1.50. The SMILES string of the molecule is COc1ccccc1NC(=O)CNCc1ncon1.